The van der Waals surface area contributed by atoms with Crippen LogP contribution in [0.15, 0.2) is 51.9 Å². The van der Waals surface area contributed by atoms with Crippen LogP contribution < -0.4 is 4.90 Å². The second-order valence-corrected chi connectivity index (χ2v) is 11.9. The molecule has 1 fully saturated rings. The lowest BCUT2D eigenvalue weighted by Gasteiger charge is -2.33. The minimum atomic E-state index is -3.52. The lowest BCUT2D eigenvalue weighted by atomic mass is 9.96. The Hall–Kier alpha value is -2.79. The van der Waals surface area contributed by atoms with Gasteiger partial charge in [0.1, 0.15) is 0 Å². The zero-order valence-corrected chi connectivity index (χ0v) is 21.8. The number of amides is 1. The van der Waals surface area contributed by atoms with E-state index in [0.717, 1.165) is 36.2 Å². The zero-order valence-electron chi connectivity index (χ0n) is 20.2. The maximum atomic E-state index is 13.5. The van der Waals surface area contributed by atoms with E-state index in [1.54, 1.807) is 29.2 Å². The molecule has 3 aromatic rings. The molecule has 2 aliphatic rings. The molecule has 9 nitrogen and oxygen atoms in total. The monoisotopic (exact) mass is 529 g/mol. The molecular weight excluding hydrogens is 502 g/mol. The third-order valence-electron chi connectivity index (χ3n) is 6.79. The van der Waals surface area contributed by atoms with Gasteiger partial charge in [0.15, 0.2) is 0 Å². The minimum absolute atomic E-state index is 0.0731. The SMILES string of the molecule is CN(C)S(=O)(=O)c1ccc2c(c1)CCN2C(=O)C1CCCN(Cc2nc(-c3ccccc3Cl)no2)C1. The molecule has 0 N–H and O–H groups in total. The molecule has 1 unspecified atom stereocenters. The summed E-state index contributed by atoms with van der Waals surface area (Å²) in [6, 6.07) is 12.4. The summed E-state index contributed by atoms with van der Waals surface area (Å²) in [4.78, 5) is 22.2. The maximum absolute atomic E-state index is 13.5. The van der Waals surface area contributed by atoms with Crippen molar-refractivity contribution in [1.29, 1.82) is 0 Å². The molecule has 190 valence electrons. The van der Waals surface area contributed by atoms with Gasteiger partial charge in [-0.3, -0.25) is 9.69 Å². The van der Waals surface area contributed by atoms with Crippen LogP contribution in [-0.2, 0) is 27.8 Å². The Kier molecular flexibility index (Phi) is 6.86. The molecule has 1 amide bonds. The molecule has 1 saturated heterocycles. The zero-order chi connectivity index (χ0) is 25.4. The molecule has 5 rings (SSSR count). The predicted molar refractivity (Wildman–Crippen MR) is 136 cm³/mol. The number of hydrogen-bond acceptors (Lipinski definition) is 7. The summed E-state index contributed by atoms with van der Waals surface area (Å²) in [5.41, 5.74) is 2.41. The fourth-order valence-electron chi connectivity index (χ4n) is 4.86. The second-order valence-electron chi connectivity index (χ2n) is 9.38. The van der Waals surface area contributed by atoms with Gasteiger partial charge in [-0.15, -0.1) is 0 Å². The van der Waals surface area contributed by atoms with Crippen LogP contribution in [0.1, 0.15) is 24.3 Å². The van der Waals surface area contributed by atoms with Gasteiger partial charge >= 0.3 is 0 Å². The minimum Gasteiger partial charge on any atom is -0.338 e. The highest BCUT2D eigenvalue weighted by molar-refractivity contribution is 7.89. The number of rotatable bonds is 6. The third kappa shape index (κ3) is 4.78. The lowest BCUT2D eigenvalue weighted by Crippen LogP contribution is -2.44. The summed E-state index contributed by atoms with van der Waals surface area (Å²) in [5.74, 6) is 0.855. The maximum Gasteiger partial charge on any atom is 0.242 e. The summed E-state index contributed by atoms with van der Waals surface area (Å²) in [5, 5.41) is 4.63. The average molecular weight is 530 g/mol. The van der Waals surface area contributed by atoms with Crippen LogP contribution in [0.5, 0.6) is 0 Å². The Morgan fingerprint density at radius 3 is 2.78 bits per heavy atom. The number of likely N-dealkylation sites (tertiary alicyclic amines) is 1. The highest BCUT2D eigenvalue weighted by Gasteiger charge is 2.34. The number of carbonyl (C=O) groups excluding carboxylic acids is 1. The number of benzene rings is 2. The van der Waals surface area contributed by atoms with E-state index in [9.17, 15) is 13.2 Å². The van der Waals surface area contributed by atoms with Gasteiger partial charge in [0.25, 0.3) is 0 Å². The standard InChI is InChI=1S/C25H28ClN5O4S/c1-29(2)36(33,34)19-9-10-22-17(14-19)11-13-31(22)25(32)18-6-5-12-30(15-18)16-23-27-24(28-35-23)20-7-3-4-8-21(20)26/h3-4,7-10,14,18H,5-6,11-13,15-16H2,1-2H3. The van der Waals surface area contributed by atoms with E-state index in [0.29, 0.717) is 42.8 Å². The third-order valence-corrected chi connectivity index (χ3v) is 8.93. The number of hydrogen-bond donors (Lipinski definition) is 0. The van der Waals surface area contributed by atoms with Crippen molar-refractivity contribution in [3.05, 3.63) is 58.9 Å². The van der Waals surface area contributed by atoms with Crippen LogP contribution in [0.25, 0.3) is 11.4 Å². The molecule has 0 bridgehead atoms. The largest absolute Gasteiger partial charge is 0.338 e. The molecule has 11 heteroatoms. The summed E-state index contributed by atoms with van der Waals surface area (Å²) in [6.45, 7) is 2.46. The van der Waals surface area contributed by atoms with E-state index < -0.39 is 10.0 Å². The number of carbonyl (C=O) groups is 1. The highest BCUT2D eigenvalue weighted by atomic mass is 35.5. The van der Waals surface area contributed by atoms with Crippen molar-refractivity contribution in [3.8, 4) is 11.4 Å². The Morgan fingerprint density at radius 2 is 2.00 bits per heavy atom. The summed E-state index contributed by atoms with van der Waals surface area (Å²) >= 11 is 6.25. The number of aromatic nitrogens is 2. The van der Waals surface area contributed by atoms with E-state index in [4.69, 9.17) is 16.1 Å². The fraction of sp³-hybridized carbons (Fsp3) is 0.400. The van der Waals surface area contributed by atoms with Crippen molar-refractivity contribution >= 4 is 33.2 Å². The van der Waals surface area contributed by atoms with Crippen LogP contribution in [0.3, 0.4) is 0 Å². The normalized spacial score (nSPS) is 18.6. The molecular formula is C25H28ClN5O4S. The number of piperidine rings is 1. The van der Waals surface area contributed by atoms with Crippen LogP contribution in [0.2, 0.25) is 5.02 Å². The molecule has 0 spiro atoms. The van der Waals surface area contributed by atoms with Crippen molar-refractivity contribution < 1.29 is 17.7 Å². The van der Waals surface area contributed by atoms with Gasteiger partial charge in [-0.25, -0.2) is 12.7 Å². The molecule has 0 aliphatic carbocycles. The van der Waals surface area contributed by atoms with E-state index in [1.807, 2.05) is 18.2 Å². The molecule has 1 aromatic heterocycles. The summed E-state index contributed by atoms with van der Waals surface area (Å²) < 4.78 is 31.7. The Bertz CT molecular complexity index is 1390. The highest BCUT2D eigenvalue weighted by Crippen LogP contribution is 2.33. The van der Waals surface area contributed by atoms with Crippen molar-refractivity contribution in [2.45, 2.75) is 30.7 Å². The van der Waals surface area contributed by atoms with Gasteiger partial charge < -0.3 is 9.42 Å². The average Bonchev–Trinajstić information content (AvgIpc) is 3.50. The number of nitrogens with zero attached hydrogens (tertiary/aromatic N) is 5. The molecule has 3 heterocycles. The fourth-order valence-corrected chi connectivity index (χ4v) is 6.03. The van der Waals surface area contributed by atoms with Crippen molar-refractivity contribution in [2.24, 2.45) is 5.92 Å². The smallest absolute Gasteiger partial charge is 0.242 e. The van der Waals surface area contributed by atoms with Crippen molar-refractivity contribution in [3.63, 3.8) is 0 Å². The van der Waals surface area contributed by atoms with Gasteiger partial charge in [-0.1, -0.05) is 28.9 Å². The first-order valence-corrected chi connectivity index (χ1v) is 13.7. The van der Waals surface area contributed by atoms with Gasteiger partial charge in [0.05, 0.1) is 22.4 Å². The quantitative estimate of drug-likeness (QED) is 0.482. The van der Waals surface area contributed by atoms with E-state index in [-0.39, 0.29) is 16.7 Å². The van der Waals surface area contributed by atoms with Gasteiger partial charge in [0.2, 0.25) is 27.6 Å². The molecule has 36 heavy (non-hydrogen) atoms. The number of sulfonamides is 1. The predicted octanol–water partition coefficient (Wildman–Crippen LogP) is 3.44. The van der Waals surface area contributed by atoms with E-state index in [2.05, 4.69) is 15.0 Å². The molecule has 0 saturated carbocycles. The Labute approximate surface area is 215 Å². The van der Waals surface area contributed by atoms with Crippen molar-refractivity contribution in [2.75, 3.05) is 38.6 Å². The first kappa shape index (κ1) is 24.9. The topological polar surface area (TPSA) is 99.9 Å². The summed E-state index contributed by atoms with van der Waals surface area (Å²) in [7, 11) is -0.490. The van der Waals surface area contributed by atoms with Gasteiger partial charge in [-0.2, -0.15) is 4.98 Å². The summed E-state index contributed by atoms with van der Waals surface area (Å²) in [6.07, 6.45) is 2.34. The number of halogens is 1. The van der Waals surface area contributed by atoms with Crippen LogP contribution in [-0.4, -0.2) is 67.4 Å². The van der Waals surface area contributed by atoms with Crippen LogP contribution >= 0.6 is 11.6 Å². The molecule has 0 radical (unpaired) electrons. The number of anilines is 1. The molecule has 2 aromatic carbocycles. The molecule has 2 aliphatic heterocycles. The Balaban J connectivity index is 1.26. The van der Waals surface area contributed by atoms with Gasteiger partial charge in [0, 0.05) is 38.4 Å². The van der Waals surface area contributed by atoms with E-state index in [1.165, 1.54) is 18.4 Å². The van der Waals surface area contributed by atoms with Gasteiger partial charge in [-0.05, 0) is 61.7 Å². The first-order valence-electron chi connectivity index (χ1n) is 11.9. The first-order chi connectivity index (χ1) is 17.2. The van der Waals surface area contributed by atoms with Crippen LogP contribution in [0.4, 0.5) is 5.69 Å². The molecule has 1 atom stereocenters. The van der Waals surface area contributed by atoms with Crippen LogP contribution in [0, 0.1) is 5.92 Å². The number of fused-ring (bicyclic) bond motifs is 1. The van der Waals surface area contributed by atoms with E-state index >= 15 is 0 Å². The second kappa shape index (κ2) is 9.93. The lowest BCUT2D eigenvalue weighted by molar-refractivity contribution is -0.124. The Morgan fingerprint density at radius 1 is 1.19 bits per heavy atom. The van der Waals surface area contributed by atoms with Crippen molar-refractivity contribution in [1.82, 2.24) is 19.3 Å².